The van der Waals surface area contributed by atoms with E-state index in [1.807, 2.05) is 7.05 Å². The molecule has 3 heterocycles. The number of carboxylic acid groups (broad SMARTS) is 1. The zero-order valence-electron chi connectivity index (χ0n) is 16.7. The molecule has 2 aromatic rings. The molecule has 2 aliphatic rings. The fourth-order valence-corrected chi connectivity index (χ4v) is 4.55. The summed E-state index contributed by atoms with van der Waals surface area (Å²) < 4.78 is 0. The van der Waals surface area contributed by atoms with E-state index in [-0.39, 0.29) is 5.92 Å². The largest absolute Gasteiger partial charge is 0.465 e. The van der Waals surface area contributed by atoms with Crippen LogP contribution in [0.1, 0.15) is 37.3 Å². The van der Waals surface area contributed by atoms with E-state index in [0.29, 0.717) is 19.1 Å². The summed E-state index contributed by atoms with van der Waals surface area (Å²) in [5.41, 5.74) is 3.10. The summed E-state index contributed by atoms with van der Waals surface area (Å²) in [6.45, 7) is 2.93. The van der Waals surface area contributed by atoms with Crippen LogP contribution >= 0.6 is 0 Å². The van der Waals surface area contributed by atoms with Gasteiger partial charge in [-0.15, -0.1) is 0 Å². The van der Waals surface area contributed by atoms with Gasteiger partial charge in [-0.2, -0.15) is 0 Å². The average Bonchev–Trinajstić information content (AvgIpc) is 2.78. The van der Waals surface area contributed by atoms with E-state index in [1.165, 1.54) is 4.90 Å². The Hall–Kier alpha value is -2.90. The van der Waals surface area contributed by atoms with Crippen molar-refractivity contribution in [3.05, 3.63) is 30.2 Å². The number of likely N-dealkylation sites (tertiary alicyclic amines) is 1. The molecule has 4 rings (SSSR count). The number of fused-ring (bicyclic) bond motifs is 1. The lowest BCUT2D eigenvalue weighted by molar-refractivity contribution is -0.119. The van der Waals surface area contributed by atoms with Crippen LogP contribution in [0.15, 0.2) is 24.5 Å². The highest BCUT2D eigenvalue weighted by Crippen LogP contribution is 2.33. The molecule has 0 aliphatic carbocycles. The number of hydrogen-bond donors (Lipinski definition) is 1. The summed E-state index contributed by atoms with van der Waals surface area (Å²) in [4.78, 5) is 36.8. The molecule has 2 amide bonds. The van der Waals surface area contributed by atoms with E-state index in [4.69, 9.17) is 5.11 Å². The van der Waals surface area contributed by atoms with Crippen LogP contribution < -0.4 is 4.90 Å². The van der Waals surface area contributed by atoms with Crippen LogP contribution in [-0.2, 0) is 4.79 Å². The van der Waals surface area contributed by atoms with E-state index < -0.39 is 6.09 Å². The molecule has 154 valence electrons. The topological polar surface area (TPSA) is 89.9 Å². The minimum Gasteiger partial charge on any atom is -0.465 e. The van der Waals surface area contributed by atoms with E-state index in [0.717, 1.165) is 67.5 Å². The summed E-state index contributed by atoms with van der Waals surface area (Å²) in [5.74, 6) is 0.261. The molecule has 29 heavy (non-hydrogen) atoms. The first-order valence-electron chi connectivity index (χ1n) is 10.2. The van der Waals surface area contributed by atoms with Crippen LogP contribution in [0.25, 0.3) is 10.9 Å². The molecule has 0 bridgehead atoms. The predicted molar refractivity (Wildman–Crippen MR) is 110 cm³/mol. The van der Waals surface area contributed by atoms with Crippen molar-refractivity contribution in [1.29, 1.82) is 0 Å². The lowest BCUT2D eigenvalue weighted by Gasteiger charge is -2.36. The van der Waals surface area contributed by atoms with Gasteiger partial charge in [0.2, 0.25) is 6.41 Å². The first kappa shape index (κ1) is 19.4. The fourth-order valence-electron chi connectivity index (χ4n) is 4.55. The highest BCUT2D eigenvalue weighted by molar-refractivity contribution is 5.84. The lowest BCUT2D eigenvalue weighted by atomic mass is 9.91. The molecular weight excluding hydrogens is 370 g/mol. The van der Waals surface area contributed by atoms with Crippen molar-refractivity contribution in [2.75, 3.05) is 38.1 Å². The van der Waals surface area contributed by atoms with Crippen LogP contribution in [0.5, 0.6) is 0 Å². The van der Waals surface area contributed by atoms with Gasteiger partial charge in [0, 0.05) is 56.3 Å². The molecule has 8 nitrogen and oxygen atoms in total. The second kappa shape index (κ2) is 8.23. The van der Waals surface area contributed by atoms with Crippen LogP contribution in [-0.4, -0.2) is 76.6 Å². The average molecular weight is 397 g/mol. The molecule has 8 heteroatoms. The Bertz CT molecular complexity index is 889. The number of hydrogen-bond acceptors (Lipinski definition) is 5. The molecule has 2 saturated heterocycles. The van der Waals surface area contributed by atoms with Crippen molar-refractivity contribution in [2.24, 2.45) is 0 Å². The third kappa shape index (κ3) is 3.97. The number of nitrogens with zero attached hydrogens (tertiary/aromatic N) is 5. The van der Waals surface area contributed by atoms with Crippen LogP contribution in [0.3, 0.4) is 0 Å². The highest BCUT2D eigenvalue weighted by Gasteiger charge is 2.26. The highest BCUT2D eigenvalue weighted by atomic mass is 16.4. The maximum atomic E-state index is 11.1. The fraction of sp³-hybridized carbons (Fsp3) is 0.524. The van der Waals surface area contributed by atoms with Crippen LogP contribution in [0.4, 0.5) is 10.5 Å². The molecule has 2 aliphatic heterocycles. The minimum atomic E-state index is -0.844. The maximum Gasteiger partial charge on any atom is 0.407 e. The molecule has 1 aromatic carbocycles. The standard InChI is InChI=1S/C21H27N5O3/c1-24(14-27)16-6-10-25(11-7-16)17-2-3-18-19(12-17)22-13-23-20(18)15-4-8-26(9-5-15)21(28)29/h2-3,12-16H,4-11H2,1H3,(H,28,29). The summed E-state index contributed by atoms with van der Waals surface area (Å²) in [7, 11) is 1.85. The summed E-state index contributed by atoms with van der Waals surface area (Å²) in [5, 5.41) is 10.2. The zero-order chi connectivity index (χ0) is 20.4. The van der Waals surface area contributed by atoms with Gasteiger partial charge in [0.1, 0.15) is 6.33 Å². The molecule has 0 saturated carbocycles. The smallest absolute Gasteiger partial charge is 0.407 e. The van der Waals surface area contributed by atoms with Gasteiger partial charge in [0.05, 0.1) is 11.2 Å². The Balaban J connectivity index is 1.50. The number of aromatic nitrogens is 2. The van der Waals surface area contributed by atoms with Gasteiger partial charge in [0.15, 0.2) is 0 Å². The van der Waals surface area contributed by atoms with Crippen LogP contribution in [0, 0.1) is 0 Å². The van der Waals surface area contributed by atoms with Crippen LogP contribution in [0.2, 0.25) is 0 Å². The second-order valence-corrected chi connectivity index (χ2v) is 7.99. The van der Waals surface area contributed by atoms with Gasteiger partial charge in [-0.25, -0.2) is 14.8 Å². The van der Waals surface area contributed by atoms with Crippen molar-refractivity contribution >= 4 is 29.1 Å². The molecule has 0 spiro atoms. The quantitative estimate of drug-likeness (QED) is 0.798. The maximum absolute atomic E-state index is 11.1. The molecule has 2 fully saturated rings. The van der Waals surface area contributed by atoms with Crippen molar-refractivity contribution in [3.63, 3.8) is 0 Å². The summed E-state index contributed by atoms with van der Waals surface area (Å²) in [6.07, 6.45) is 5.19. The van der Waals surface area contributed by atoms with E-state index in [9.17, 15) is 9.59 Å². The second-order valence-electron chi connectivity index (χ2n) is 7.99. The Morgan fingerprint density at radius 1 is 1.14 bits per heavy atom. The predicted octanol–water partition coefficient (Wildman–Crippen LogP) is 2.54. The number of carbonyl (C=O) groups is 2. The SMILES string of the molecule is CN(C=O)C1CCN(c2ccc3c(C4CCN(C(=O)O)CC4)ncnc3c2)CC1. The number of anilines is 1. The zero-order valence-corrected chi connectivity index (χ0v) is 16.7. The normalized spacial score (nSPS) is 18.8. The van der Waals surface area contributed by atoms with Crippen molar-refractivity contribution in [1.82, 2.24) is 19.8 Å². The number of rotatable bonds is 4. The number of benzene rings is 1. The Morgan fingerprint density at radius 3 is 2.52 bits per heavy atom. The molecule has 0 unspecified atom stereocenters. The first-order valence-corrected chi connectivity index (χ1v) is 10.2. The van der Waals surface area contributed by atoms with Gasteiger partial charge in [-0.1, -0.05) is 0 Å². The third-order valence-electron chi connectivity index (χ3n) is 6.37. The first-order chi connectivity index (χ1) is 14.1. The molecular formula is C21H27N5O3. The monoisotopic (exact) mass is 397 g/mol. The Kier molecular flexibility index (Phi) is 5.51. The summed E-state index contributed by atoms with van der Waals surface area (Å²) >= 11 is 0. The Labute approximate surface area is 170 Å². The van der Waals surface area contributed by atoms with Crippen molar-refractivity contribution in [2.45, 2.75) is 37.6 Å². The van der Waals surface area contributed by atoms with Gasteiger partial charge in [0.25, 0.3) is 0 Å². The van der Waals surface area contributed by atoms with Gasteiger partial charge >= 0.3 is 6.09 Å². The summed E-state index contributed by atoms with van der Waals surface area (Å²) in [6, 6.07) is 6.67. The van der Waals surface area contributed by atoms with E-state index in [2.05, 4.69) is 33.1 Å². The number of carbonyl (C=O) groups excluding carboxylic acids is 1. The van der Waals surface area contributed by atoms with Gasteiger partial charge in [-0.05, 0) is 43.9 Å². The molecule has 1 N–H and O–H groups in total. The van der Waals surface area contributed by atoms with Crippen molar-refractivity contribution < 1.29 is 14.7 Å². The third-order valence-corrected chi connectivity index (χ3v) is 6.37. The van der Waals surface area contributed by atoms with Gasteiger partial charge in [-0.3, -0.25) is 4.79 Å². The molecule has 0 atom stereocenters. The van der Waals surface area contributed by atoms with Gasteiger partial charge < -0.3 is 19.8 Å². The van der Waals surface area contributed by atoms with E-state index >= 15 is 0 Å². The molecule has 1 aromatic heterocycles. The minimum absolute atomic E-state index is 0.261. The van der Waals surface area contributed by atoms with Crippen molar-refractivity contribution in [3.8, 4) is 0 Å². The number of amides is 2. The molecule has 0 radical (unpaired) electrons. The Morgan fingerprint density at radius 2 is 1.86 bits per heavy atom. The van der Waals surface area contributed by atoms with E-state index in [1.54, 1.807) is 11.2 Å². The number of piperidine rings is 2. The lowest BCUT2D eigenvalue weighted by Crippen LogP contribution is -2.42.